The second-order valence-electron chi connectivity index (χ2n) is 4.35. The van der Waals surface area contributed by atoms with Crippen LogP contribution < -0.4 is 5.19 Å². The van der Waals surface area contributed by atoms with Crippen molar-refractivity contribution in [1.82, 2.24) is 0 Å². The lowest BCUT2D eigenvalue weighted by Crippen LogP contribution is -2.35. The Bertz CT molecular complexity index is 424. The van der Waals surface area contributed by atoms with Gasteiger partial charge in [0.05, 0.1) is 0 Å². The minimum Gasteiger partial charge on any atom is -0.162 e. The van der Waals surface area contributed by atoms with Gasteiger partial charge in [0.15, 0.2) is 7.38 Å². The molecule has 1 aliphatic rings. The van der Waals surface area contributed by atoms with Gasteiger partial charge in [-0.1, -0.05) is 55.6 Å². The molecule has 2 rings (SSSR count). The fraction of sp³-hybridized carbons (Fsp3) is 0.231. The molecule has 0 saturated heterocycles. The predicted molar refractivity (Wildman–Crippen MR) is 71.1 cm³/mol. The zero-order valence-electron chi connectivity index (χ0n) is 9.13. The van der Waals surface area contributed by atoms with Gasteiger partial charge in [-0.3, -0.25) is 0 Å². The molecule has 78 valence electrons. The summed E-state index contributed by atoms with van der Waals surface area (Å²) in [6.45, 7) is 4.32. The highest BCUT2D eigenvalue weighted by atomic mass is 35.6. The number of hydrogen-bond donors (Lipinski definition) is 0. The van der Waals surface area contributed by atoms with E-state index >= 15 is 0 Å². The first-order valence-electron chi connectivity index (χ1n) is 5.24. The van der Waals surface area contributed by atoms with Gasteiger partial charge in [-0.2, -0.15) is 11.1 Å². The van der Waals surface area contributed by atoms with Crippen LogP contribution in [0.2, 0.25) is 13.1 Å². The van der Waals surface area contributed by atoms with Crippen LogP contribution in [0.1, 0.15) is 12.0 Å². The second-order valence-corrected chi connectivity index (χ2v) is 10.7. The van der Waals surface area contributed by atoms with Crippen molar-refractivity contribution in [3.63, 3.8) is 0 Å². The number of benzene rings is 1. The monoisotopic (exact) mass is 234 g/mol. The Kier molecular flexibility index (Phi) is 2.85. The Morgan fingerprint density at radius 1 is 1.27 bits per heavy atom. The van der Waals surface area contributed by atoms with Crippen LogP contribution in [-0.2, 0) is 0 Å². The van der Waals surface area contributed by atoms with E-state index in [1.807, 2.05) is 0 Å². The van der Waals surface area contributed by atoms with Gasteiger partial charge in [0.2, 0.25) is 0 Å². The molecule has 15 heavy (non-hydrogen) atoms. The Labute approximate surface area is 97.0 Å². The maximum atomic E-state index is 6.44. The number of rotatable bonds is 2. The second kappa shape index (κ2) is 3.99. The molecule has 0 nitrogen and oxygen atoms in total. The van der Waals surface area contributed by atoms with Crippen molar-refractivity contribution in [3.8, 4) is 0 Å². The molecule has 0 atom stereocenters. The van der Waals surface area contributed by atoms with Gasteiger partial charge >= 0.3 is 0 Å². The lowest BCUT2D eigenvalue weighted by molar-refractivity contribution is 1.45. The van der Waals surface area contributed by atoms with Crippen molar-refractivity contribution in [2.75, 3.05) is 0 Å². The summed E-state index contributed by atoms with van der Waals surface area (Å²) in [6.07, 6.45) is 7.68. The summed E-state index contributed by atoms with van der Waals surface area (Å²) in [5.74, 6) is 0. The fourth-order valence-corrected chi connectivity index (χ4v) is 3.08. The quantitative estimate of drug-likeness (QED) is 0.541. The Morgan fingerprint density at radius 3 is 2.67 bits per heavy atom. The lowest BCUT2D eigenvalue weighted by Gasteiger charge is -2.14. The van der Waals surface area contributed by atoms with Gasteiger partial charge in [0.25, 0.3) is 0 Å². The van der Waals surface area contributed by atoms with Crippen LogP contribution in [0.4, 0.5) is 0 Å². The number of hydrogen-bond acceptors (Lipinski definition) is 0. The van der Waals surface area contributed by atoms with Gasteiger partial charge in [-0.05, 0) is 22.7 Å². The van der Waals surface area contributed by atoms with E-state index in [0.29, 0.717) is 0 Å². The number of halogens is 1. The summed E-state index contributed by atoms with van der Waals surface area (Å²) in [4.78, 5) is 0. The third-order valence-corrected chi connectivity index (χ3v) is 4.99. The van der Waals surface area contributed by atoms with Crippen LogP contribution in [0.3, 0.4) is 0 Å². The first-order chi connectivity index (χ1) is 7.07. The van der Waals surface area contributed by atoms with Crippen molar-refractivity contribution < 1.29 is 0 Å². The van der Waals surface area contributed by atoms with Gasteiger partial charge in [-0.15, -0.1) is 0 Å². The van der Waals surface area contributed by atoms with E-state index in [4.69, 9.17) is 11.1 Å². The zero-order valence-corrected chi connectivity index (χ0v) is 10.9. The SMILES string of the molecule is C[Si](C)(Cl)c1cccc(C2=CCC=C2)c1. The first kappa shape index (κ1) is 10.7. The molecule has 0 spiro atoms. The molecule has 0 unspecified atom stereocenters. The minimum absolute atomic E-state index is 1.06. The van der Waals surface area contributed by atoms with Crippen molar-refractivity contribution >= 4 is 29.2 Å². The van der Waals surface area contributed by atoms with E-state index in [1.165, 1.54) is 16.3 Å². The van der Waals surface area contributed by atoms with Crippen molar-refractivity contribution in [3.05, 3.63) is 48.1 Å². The van der Waals surface area contributed by atoms with Gasteiger partial charge < -0.3 is 0 Å². The molecule has 1 aromatic rings. The Hall–Kier alpha value is -0.793. The molecule has 1 aliphatic carbocycles. The standard InChI is InChI=1S/C13H15ClSi/c1-15(2,14)13-9-5-8-12(10-13)11-6-3-4-7-11/h3,5-10H,4H2,1-2H3. The van der Waals surface area contributed by atoms with E-state index in [1.54, 1.807) is 0 Å². The molecule has 0 heterocycles. The first-order valence-corrected chi connectivity index (χ1v) is 9.25. The van der Waals surface area contributed by atoms with Crippen LogP contribution in [-0.4, -0.2) is 7.38 Å². The van der Waals surface area contributed by atoms with Gasteiger partial charge in [0.1, 0.15) is 0 Å². The summed E-state index contributed by atoms with van der Waals surface area (Å²) in [6, 6.07) is 8.64. The Balaban J connectivity index is 2.39. The molecule has 0 fully saturated rings. The normalized spacial score (nSPS) is 15.5. The third-order valence-electron chi connectivity index (χ3n) is 2.65. The predicted octanol–water partition coefficient (Wildman–Crippen LogP) is 3.68. The summed E-state index contributed by atoms with van der Waals surface area (Å²) in [5.41, 5.74) is 2.62. The summed E-state index contributed by atoms with van der Waals surface area (Å²) >= 11 is 6.44. The number of allylic oxidation sites excluding steroid dienone is 4. The average molecular weight is 235 g/mol. The lowest BCUT2D eigenvalue weighted by atomic mass is 10.1. The molecule has 0 N–H and O–H groups in total. The van der Waals surface area contributed by atoms with Gasteiger partial charge in [-0.25, -0.2) is 0 Å². The summed E-state index contributed by atoms with van der Waals surface area (Å²) < 4.78 is 0. The van der Waals surface area contributed by atoms with Crippen molar-refractivity contribution in [1.29, 1.82) is 0 Å². The molecule has 0 radical (unpaired) electrons. The summed E-state index contributed by atoms with van der Waals surface area (Å²) in [7, 11) is -1.69. The molecule has 0 aliphatic heterocycles. The van der Waals surface area contributed by atoms with Crippen LogP contribution in [0, 0.1) is 0 Å². The maximum Gasteiger partial charge on any atom is 0.180 e. The molecule has 0 amide bonds. The molecule has 0 aromatic heterocycles. The summed E-state index contributed by atoms with van der Waals surface area (Å²) in [5, 5.41) is 1.31. The molecule has 2 heteroatoms. The van der Waals surface area contributed by atoms with Gasteiger partial charge in [0, 0.05) is 0 Å². The van der Waals surface area contributed by atoms with Crippen LogP contribution in [0.15, 0.2) is 42.5 Å². The fourth-order valence-electron chi connectivity index (χ4n) is 1.74. The molecule has 1 aromatic carbocycles. The minimum atomic E-state index is -1.69. The largest absolute Gasteiger partial charge is 0.180 e. The van der Waals surface area contributed by atoms with E-state index in [-0.39, 0.29) is 0 Å². The van der Waals surface area contributed by atoms with E-state index in [2.05, 4.69) is 55.6 Å². The highest BCUT2D eigenvalue weighted by molar-refractivity contribution is 7.26. The van der Waals surface area contributed by atoms with Crippen LogP contribution >= 0.6 is 11.1 Å². The van der Waals surface area contributed by atoms with Crippen LogP contribution in [0.25, 0.3) is 5.57 Å². The van der Waals surface area contributed by atoms with Crippen molar-refractivity contribution in [2.24, 2.45) is 0 Å². The van der Waals surface area contributed by atoms with Crippen LogP contribution in [0.5, 0.6) is 0 Å². The van der Waals surface area contributed by atoms with E-state index in [9.17, 15) is 0 Å². The van der Waals surface area contributed by atoms with E-state index in [0.717, 1.165) is 6.42 Å². The molecule has 0 saturated carbocycles. The zero-order chi connectivity index (χ0) is 10.9. The van der Waals surface area contributed by atoms with Crippen molar-refractivity contribution in [2.45, 2.75) is 19.5 Å². The topological polar surface area (TPSA) is 0 Å². The van der Waals surface area contributed by atoms with E-state index < -0.39 is 7.38 Å². The highest BCUT2D eigenvalue weighted by Gasteiger charge is 2.20. The maximum absolute atomic E-state index is 6.44. The molecule has 0 bridgehead atoms. The smallest absolute Gasteiger partial charge is 0.162 e. The molecular formula is C13H15ClSi. The third kappa shape index (κ3) is 2.42. The Morgan fingerprint density at radius 2 is 2.07 bits per heavy atom. The molecular weight excluding hydrogens is 220 g/mol. The average Bonchev–Trinajstić information content (AvgIpc) is 2.69. The highest BCUT2D eigenvalue weighted by Crippen LogP contribution is 2.21.